The number of rotatable bonds is 6. The number of cyclic esters (lactones) is 1. The molecule has 1 aliphatic heterocycles. The molecule has 0 saturated carbocycles. The van der Waals surface area contributed by atoms with Crippen LogP contribution in [0, 0.1) is 0 Å². The number of nitrogens with zero attached hydrogens (tertiary/aromatic N) is 4. The highest BCUT2D eigenvalue weighted by Gasteiger charge is 2.61. The fourth-order valence-corrected chi connectivity index (χ4v) is 3.85. The van der Waals surface area contributed by atoms with E-state index in [1.807, 2.05) is 0 Å². The summed E-state index contributed by atoms with van der Waals surface area (Å²) in [4.78, 5) is 41.1. The van der Waals surface area contributed by atoms with E-state index < -0.39 is 28.5 Å². The van der Waals surface area contributed by atoms with Crippen molar-refractivity contribution in [3.05, 3.63) is 53.4 Å². The second-order valence-electron chi connectivity index (χ2n) is 5.17. The Morgan fingerprint density at radius 1 is 1.26 bits per heavy atom. The molecule has 140 valence electrons. The monoisotopic (exact) mass is 406 g/mol. The number of thiol groups is 1. The Balaban J connectivity index is 2.13. The van der Waals surface area contributed by atoms with Gasteiger partial charge in [0.2, 0.25) is 5.76 Å². The number of carbonyl (C=O) groups is 2. The Labute approximate surface area is 163 Å². The lowest BCUT2D eigenvalue weighted by atomic mass is 9.98. The molecule has 11 heteroatoms. The van der Waals surface area contributed by atoms with Gasteiger partial charge in [-0.3, -0.25) is 0 Å². The van der Waals surface area contributed by atoms with Crippen molar-refractivity contribution in [2.45, 2.75) is 22.9 Å². The van der Waals surface area contributed by atoms with Crippen LogP contribution >= 0.6 is 24.4 Å². The van der Waals surface area contributed by atoms with Crippen molar-refractivity contribution in [2.24, 2.45) is 0 Å². The Morgan fingerprint density at radius 2 is 1.85 bits per heavy atom. The van der Waals surface area contributed by atoms with Crippen LogP contribution in [0.1, 0.15) is 18.0 Å². The first kappa shape index (κ1) is 19.1. The zero-order chi connectivity index (χ0) is 19.4. The highest BCUT2D eigenvalue weighted by atomic mass is 32.2. The van der Waals surface area contributed by atoms with Gasteiger partial charge in [0.25, 0.3) is 5.60 Å². The molecule has 2 aromatic heterocycles. The first-order chi connectivity index (χ1) is 13.0. The van der Waals surface area contributed by atoms with E-state index in [-0.39, 0.29) is 22.5 Å². The maximum Gasteiger partial charge on any atom is 0.375 e. The number of aromatic nitrogens is 4. The van der Waals surface area contributed by atoms with E-state index in [1.54, 1.807) is 19.1 Å². The van der Waals surface area contributed by atoms with E-state index >= 15 is 0 Å². The van der Waals surface area contributed by atoms with Crippen LogP contribution in [0.5, 0.6) is 0 Å². The van der Waals surface area contributed by atoms with Gasteiger partial charge in [-0.25, -0.2) is 29.5 Å². The van der Waals surface area contributed by atoms with E-state index in [2.05, 4.69) is 32.6 Å². The third-order valence-electron chi connectivity index (χ3n) is 3.53. The summed E-state index contributed by atoms with van der Waals surface area (Å²) in [5, 5.41) is 9.37. The van der Waals surface area contributed by atoms with Crippen molar-refractivity contribution in [2.75, 3.05) is 6.61 Å². The minimum absolute atomic E-state index is 0.0226. The van der Waals surface area contributed by atoms with Gasteiger partial charge in [0.05, 0.1) is 11.5 Å². The smallest absolute Gasteiger partial charge is 0.375 e. The van der Waals surface area contributed by atoms with Gasteiger partial charge in [-0.05, 0) is 30.8 Å². The number of hydrogen-bond donors (Lipinski definition) is 2. The quantitative estimate of drug-likeness (QED) is 0.416. The molecule has 0 spiro atoms. The fourth-order valence-electron chi connectivity index (χ4n) is 2.36. The van der Waals surface area contributed by atoms with E-state index in [0.717, 1.165) is 11.8 Å². The summed E-state index contributed by atoms with van der Waals surface area (Å²) in [6, 6.07) is 3.19. The van der Waals surface area contributed by atoms with Crippen LogP contribution in [-0.4, -0.2) is 49.2 Å². The van der Waals surface area contributed by atoms with Crippen LogP contribution in [0.4, 0.5) is 0 Å². The van der Waals surface area contributed by atoms with Crippen LogP contribution in [0.2, 0.25) is 0 Å². The molecule has 0 saturated heterocycles. The highest BCUT2D eigenvalue weighted by Crippen LogP contribution is 2.50. The number of ether oxygens (including phenoxy) is 2. The average molecular weight is 406 g/mol. The number of carbonyl (C=O) groups excluding carboxylic acids is 2. The van der Waals surface area contributed by atoms with E-state index in [1.165, 1.54) is 24.8 Å². The third-order valence-corrected chi connectivity index (χ3v) is 5.22. The van der Waals surface area contributed by atoms with Gasteiger partial charge in [-0.1, -0.05) is 0 Å². The largest absolute Gasteiger partial charge is 0.501 e. The molecular formula is C16H14N4O5S2. The van der Waals surface area contributed by atoms with E-state index in [9.17, 15) is 14.7 Å². The van der Waals surface area contributed by atoms with Crippen LogP contribution in [0.15, 0.2) is 52.7 Å². The lowest BCUT2D eigenvalue weighted by molar-refractivity contribution is -0.172. The summed E-state index contributed by atoms with van der Waals surface area (Å²) >= 11 is 5.24. The maximum absolute atomic E-state index is 12.9. The minimum Gasteiger partial charge on any atom is -0.501 e. The van der Waals surface area contributed by atoms with Crippen molar-refractivity contribution >= 4 is 36.3 Å². The van der Waals surface area contributed by atoms with Gasteiger partial charge >= 0.3 is 11.9 Å². The van der Waals surface area contributed by atoms with Crippen molar-refractivity contribution in [3.8, 4) is 0 Å². The Bertz CT molecular complexity index is 881. The lowest BCUT2D eigenvalue weighted by Gasteiger charge is -2.31. The van der Waals surface area contributed by atoms with E-state index in [0.29, 0.717) is 0 Å². The van der Waals surface area contributed by atoms with Gasteiger partial charge in [0.1, 0.15) is 11.1 Å². The molecule has 0 bridgehead atoms. The number of aliphatic hydroxyl groups is 1. The molecule has 9 nitrogen and oxygen atoms in total. The topological polar surface area (TPSA) is 124 Å². The molecule has 3 heterocycles. The number of hydrogen-bond acceptors (Lipinski definition) is 11. The van der Waals surface area contributed by atoms with Gasteiger partial charge < -0.3 is 14.6 Å². The maximum atomic E-state index is 12.9. The van der Waals surface area contributed by atoms with Gasteiger partial charge in [-0.15, -0.1) is 0 Å². The summed E-state index contributed by atoms with van der Waals surface area (Å²) in [6.45, 7) is 1.63. The van der Waals surface area contributed by atoms with Gasteiger partial charge in [-0.2, -0.15) is 12.6 Å². The summed E-state index contributed by atoms with van der Waals surface area (Å²) < 4.78 is 10.4. The molecule has 0 aliphatic carbocycles. The summed E-state index contributed by atoms with van der Waals surface area (Å²) in [5.74, 6) is -2.62. The number of aliphatic hydroxyl groups excluding tert-OH is 1. The molecule has 2 atom stereocenters. The highest BCUT2D eigenvalue weighted by molar-refractivity contribution is 8.03. The molecular weight excluding hydrogens is 392 g/mol. The molecule has 1 N–H and O–H groups in total. The van der Waals surface area contributed by atoms with E-state index in [4.69, 9.17) is 9.47 Å². The molecule has 2 aromatic rings. The van der Waals surface area contributed by atoms with Crippen molar-refractivity contribution in [1.29, 1.82) is 0 Å². The normalized spacial score (nSPS) is 20.3. The van der Waals surface area contributed by atoms with Gasteiger partial charge in [0, 0.05) is 24.8 Å². The Kier molecular flexibility index (Phi) is 5.61. The molecule has 0 radical (unpaired) electrons. The predicted octanol–water partition coefficient (Wildman–Crippen LogP) is 1.66. The zero-order valence-corrected chi connectivity index (χ0v) is 15.7. The molecule has 3 rings (SSSR count). The number of esters is 2. The first-order valence-electron chi connectivity index (χ1n) is 7.74. The molecule has 0 amide bonds. The standard InChI is InChI=1S/C16H14N4O5S2/c1-2-24-14(23)16(10(26)12-17-5-3-6-18-12)11(9(21)13(22)25-16)27-15-19-7-4-8-20-15/h3-8,10,21,26H,2H2,1H3. The zero-order valence-electron chi connectivity index (χ0n) is 14.0. The number of thioether (sulfide) groups is 1. The first-order valence-corrected chi connectivity index (χ1v) is 9.08. The second-order valence-corrected chi connectivity index (χ2v) is 6.66. The summed E-state index contributed by atoms with van der Waals surface area (Å²) in [5.41, 5.74) is -2.08. The SMILES string of the molecule is CCOC(=O)C1(C(S)c2ncccn2)OC(=O)C(O)=C1Sc1ncccn1. The fraction of sp³-hybridized carbons (Fsp3) is 0.250. The van der Waals surface area contributed by atoms with Crippen molar-refractivity contribution in [1.82, 2.24) is 19.9 Å². The lowest BCUT2D eigenvalue weighted by Crippen LogP contribution is -2.46. The molecule has 0 aromatic carbocycles. The Morgan fingerprint density at radius 3 is 2.44 bits per heavy atom. The van der Waals surface area contributed by atoms with Crippen LogP contribution < -0.4 is 0 Å². The average Bonchev–Trinajstić information content (AvgIpc) is 2.95. The predicted molar refractivity (Wildman–Crippen MR) is 96.8 cm³/mol. The third kappa shape index (κ3) is 3.47. The molecule has 1 aliphatic rings. The Hall–Kier alpha value is -2.66. The van der Waals surface area contributed by atoms with Crippen LogP contribution in [0.25, 0.3) is 0 Å². The molecule has 2 unspecified atom stereocenters. The summed E-state index contributed by atoms with van der Waals surface area (Å²) in [7, 11) is 0. The van der Waals surface area contributed by atoms with Crippen LogP contribution in [-0.2, 0) is 19.1 Å². The van der Waals surface area contributed by atoms with Crippen molar-refractivity contribution < 1.29 is 24.2 Å². The summed E-state index contributed by atoms with van der Waals surface area (Å²) in [6.07, 6.45) is 5.87. The van der Waals surface area contributed by atoms with Crippen molar-refractivity contribution in [3.63, 3.8) is 0 Å². The molecule has 0 fully saturated rings. The second kappa shape index (κ2) is 7.92. The molecule has 27 heavy (non-hydrogen) atoms. The van der Waals surface area contributed by atoms with Crippen LogP contribution in [0.3, 0.4) is 0 Å². The van der Waals surface area contributed by atoms with Gasteiger partial charge in [0.15, 0.2) is 5.16 Å². The minimum atomic E-state index is -2.08.